The van der Waals surface area contributed by atoms with Crippen LogP contribution >= 0.6 is 22.9 Å². The number of thiophene rings is 1. The highest BCUT2D eigenvalue weighted by atomic mass is 35.5. The third-order valence-electron chi connectivity index (χ3n) is 4.40. The molecule has 0 aromatic carbocycles. The molecular formula is C15H20ClNO3S. The molecule has 1 unspecified atom stereocenters. The molecule has 6 heteroatoms. The number of hydrogen-bond donors (Lipinski definition) is 1. The van der Waals surface area contributed by atoms with Crippen LogP contribution in [0.15, 0.2) is 12.1 Å². The standard InChI is InChI=1S/C15H20ClNO3S/c1-10(2)15(14(19)20)7-8-17(9-15)13(18)6-4-11-3-5-12(16)21-11/h3,5,10H,4,6-9H2,1-2H3,(H,19,20). The Hall–Kier alpha value is -1.07. The molecule has 0 aliphatic carbocycles. The van der Waals surface area contributed by atoms with E-state index in [-0.39, 0.29) is 11.8 Å². The van der Waals surface area contributed by atoms with Gasteiger partial charge in [0.05, 0.1) is 9.75 Å². The smallest absolute Gasteiger partial charge is 0.311 e. The zero-order valence-corrected chi connectivity index (χ0v) is 13.8. The lowest BCUT2D eigenvalue weighted by atomic mass is 9.76. The molecule has 1 atom stereocenters. The minimum atomic E-state index is -0.794. The fraction of sp³-hybridized carbons (Fsp3) is 0.600. The number of carboxylic acid groups (broad SMARTS) is 1. The summed E-state index contributed by atoms with van der Waals surface area (Å²) in [6.45, 7) is 4.68. The van der Waals surface area contributed by atoms with Crippen molar-refractivity contribution in [2.75, 3.05) is 13.1 Å². The Bertz CT molecular complexity index is 543. The zero-order chi connectivity index (χ0) is 15.6. The Morgan fingerprint density at radius 1 is 1.48 bits per heavy atom. The number of hydrogen-bond acceptors (Lipinski definition) is 3. The maximum atomic E-state index is 12.3. The average Bonchev–Trinajstić information content (AvgIpc) is 3.03. The van der Waals surface area contributed by atoms with Crippen molar-refractivity contribution in [2.24, 2.45) is 11.3 Å². The number of aliphatic carboxylic acids is 1. The van der Waals surface area contributed by atoms with Gasteiger partial charge in [-0.1, -0.05) is 25.4 Å². The van der Waals surface area contributed by atoms with Crippen LogP contribution in [-0.4, -0.2) is 35.0 Å². The number of amides is 1. The molecule has 1 saturated heterocycles. The van der Waals surface area contributed by atoms with Crippen LogP contribution in [0.25, 0.3) is 0 Å². The normalized spacial score (nSPS) is 22.0. The molecule has 2 heterocycles. The van der Waals surface area contributed by atoms with E-state index in [1.54, 1.807) is 4.90 Å². The van der Waals surface area contributed by atoms with E-state index in [0.717, 1.165) is 9.21 Å². The van der Waals surface area contributed by atoms with Crippen molar-refractivity contribution in [3.63, 3.8) is 0 Å². The van der Waals surface area contributed by atoms with Crippen LogP contribution < -0.4 is 0 Å². The summed E-state index contributed by atoms with van der Waals surface area (Å²) in [5.41, 5.74) is -0.790. The molecule has 116 valence electrons. The van der Waals surface area contributed by atoms with E-state index >= 15 is 0 Å². The van der Waals surface area contributed by atoms with Gasteiger partial charge in [0.15, 0.2) is 0 Å². The number of rotatable bonds is 5. The van der Waals surface area contributed by atoms with Crippen molar-refractivity contribution in [1.82, 2.24) is 4.90 Å². The number of carbonyl (C=O) groups is 2. The highest BCUT2D eigenvalue weighted by Crippen LogP contribution is 2.38. The third kappa shape index (κ3) is 3.40. The highest BCUT2D eigenvalue weighted by Gasteiger charge is 2.48. The summed E-state index contributed by atoms with van der Waals surface area (Å²) in [4.78, 5) is 26.6. The maximum Gasteiger partial charge on any atom is 0.311 e. The van der Waals surface area contributed by atoms with Gasteiger partial charge in [0.25, 0.3) is 0 Å². The third-order valence-corrected chi connectivity index (χ3v) is 5.69. The summed E-state index contributed by atoms with van der Waals surface area (Å²) in [6.07, 6.45) is 1.61. The number of halogens is 1. The largest absolute Gasteiger partial charge is 0.481 e. The van der Waals surface area contributed by atoms with Gasteiger partial charge in [-0.25, -0.2) is 0 Å². The molecule has 1 fully saturated rings. The lowest BCUT2D eigenvalue weighted by molar-refractivity contribution is -0.151. The lowest BCUT2D eigenvalue weighted by Crippen LogP contribution is -2.40. The molecule has 1 aliphatic heterocycles. The summed E-state index contributed by atoms with van der Waals surface area (Å²) >= 11 is 7.35. The molecule has 21 heavy (non-hydrogen) atoms. The first-order valence-corrected chi connectivity index (χ1v) is 8.30. The summed E-state index contributed by atoms with van der Waals surface area (Å²) in [5, 5.41) is 9.49. The minimum absolute atomic E-state index is 0.0175. The average molecular weight is 330 g/mol. The van der Waals surface area contributed by atoms with Crippen LogP contribution in [0.1, 0.15) is 31.6 Å². The van der Waals surface area contributed by atoms with Gasteiger partial charge < -0.3 is 10.0 Å². The van der Waals surface area contributed by atoms with Crippen LogP contribution in [0.2, 0.25) is 4.34 Å². The second-order valence-corrected chi connectivity index (χ2v) is 7.69. The summed E-state index contributed by atoms with van der Waals surface area (Å²) < 4.78 is 0.725. The first-order chi connectivity index (χ1) is 9.85. The van der Waals surface area contributed by atoms with E-state index in [0.29, 0.717) is 32.4 Å². The van der Waals surface area contributed by atoms with Gasteiger partial charge >= 0.3 is 5.97 Å². The maximum absolute atomic E-state index is 12.3. The molecule has 4 nitrogen and oxygen atoms in total. The van der Waals surface area contributed by atoms with Crippen molar-refractivity contribution in [3.8, 4) is 0 Å². The monoisotopic (exact) mass is 329 g/mol. The van der Waals surface area contributed by atoms with Crippen LogP contribution in [0.3, 0.4) is 0 Å². The van der Waals surface area contributed by atoms with E-state index in [9.17, 15) is 14.7 Å². The summed E-state index contributed by atoms with van der Waals surface area (Å²) in [6, 6.07) is 3.76. The van der Waals surface area contributed by atoms with Gasteiger partial charge in [-0.05, 0) is 30.9 Å². The summed E-state index contributed by atoms with van der Waals surface area (Å²) in [7, 11) is 0. The molecule has 1 aromatic rings. The fourth-order valence-corrected chi connectivity index (χ4v) is 3.90. The van der Waals surface area contributed by atoms with Crippen molar-refractivity contribution in [2.45, 2.75) is 33.1 Å². The van der Waals surface area contributed by atoms with Crippen LogP contribution in [0.4, 0.5) is 0 Å². The van der Waals surface area contributed by atoms with Crippen LogP contribution in [0.5, 0.6) is 0 Å². The molecule has 1 amide bonds. The van der Waals surface area contributed by atoms with E-state index in [2.05, 4.69) is 0 Å². The van der Waals surface area contributed by atoms with Crippen LogP contribution in [0, 0.1) is 11.3 Å². The van der Waals surface area contributed by atoms with Crippen LogP contribution in [-0.2, 0) is 16.0 Å². The number of nitrogens with zero attached hydrogens (tertiary/aromatic N) is 1. The molecule has 1 N–H and O–H groups in total. The Kier molecular flexibility index (Phi) is 4.94. The molecule has 0 spiro atoms. The number of likely N-dealkylation sites (tertiary alicyclic amines) is 1. The van der Waals surface area contributed by atoms with Gasteiger partial charge in [0.1, 0.15) is 0 Å². The number of carboxylic acids is 1. The van der Waals surface area contributed by atoms with Crippen molar-refractivity contribution < 1.29 is 14.7 Å². The molecular weight excluding hydrogens is 310 g/mol. The zero-order valence-electron chi connectivity index (χ0n) is 12.3. The quantitative estimate of drug-likeness (QED) is 0.901. The Morgan fingerprint density at radius 2 is 2.19 bits per heavy atom. The Morgan fingerprint density at radius 3 is 2.67 bits per heavy atom. The second-order valence-electron chi connectivity index (χ2n) is 5.89. The van der Waals surface area contributed by atoms with E-state index < -0.39 is 11.4 Å². The van der Waals surface area contributed by atoms with Gasteiger partial charge in [0.2, 0.25) is 5.91 Å². The van der Waals surface area contributed by atoms with Crippen molar-refractivity contribution in [1.29, 1.82) is 0 Å². The molecule has 1 aromatic heterocycles. The van der Waals surface area contributed by atoms with Crippen molar-refractivity contribution in [3.05, 3.63) is 21.3 Å². The second kappa shape index (κ2) is 6.36. The topological polar surface area (TPSA) is 57.6 Å². The SMILES string of the molecule is CC(C)C1(C(=O)O)CCN(C(=O)CCc2ccc(Cl)s2)C1. The Labute approximate surface area is 133 Å². The Balaban J connectivity index is 1.94. The first-order valence-electron chi connectivity index (χ1n) is 7.10. The molecule has 0 radical (unpaired) electrons. The number of aryl methyl sites for hydroxylation is 1. The molecule has 1 aliphatic rings. The van der Waals surface area contributed by atoms with E-state index in [1.807, 2.05) is 26.0 Å². The molecule has 2 rings (SSSR count). The summed E-state index contributed by atoms with van der Waals surface area (Å²) in [5.74, 6) is -0.745. The first kappa shape index (κ1) is 16.3. The van der Waals surface area contributed by atoms with Gasteiger partial charge in [-0.3, -0.25) is 9.59 Å². The predicted molar refractivity (Wildman–Crippen MR) is 83.8 cm³/mol. The number of carbonyl (C=O) groups excluding carboxylic acids is 1. The van der Waals surface area contributed by atoms with E-state index in [4.69, 9.17) is 11.6 Å². The minimum Gasteiger partial charge on any atom is -0.481 e. The van der Waals surface area contributed by atoms with Gasteiger partial charge in [-0.2, -0.15) is 0 Å². The lowest BCUT2D eigenvalue weighted by Gasteiger charge is -2.28. The highest BCUT2D eigenvalue weighted by molar-refractivity contribution is 7.16. The van der Waals surface area contributed by atoms with Gasteiger partial charge in [0, 0.05) is 24.4 Å². The predicted octanol–water partition coefficient (Wildman–Crippen LogP) is 3.29. The fourth-order valence-electron chi connectivity index (χ4n) is 2.81. The molecule has 0 bridgehead atoms. The molecule has 0 saturated carbocycles. The van der Waals surface area contributed by atoms with Gasteiger partial charge in [-0.15, -0.1) is 11.3 Å². The van der Waals surface area contributed by atoms with Crippen molar-refractivity contribution >= 4 is 34.8 Å². The van der Waals surface area contributed by atoms with E-state index in [1.165, 1.54) is 11.3 Å².